The molecule has 0 unspecified atom stereocenters. The zero-order valence-electron chi connectivity index (χ0n) is 10.2. The van der Waals surface area contributed by atoms with Gasteiger partial charge < -0.3 is 9.64 Å². The van der Waals surface area contributed by atoms with Crippen molar-refractivity contribution in [2.75, 3.05) is 20.6 Å². The molecule has 0 N–H and O–H groups in total. The van der Waals surface area contributed by atoms with Crippen molar-refractivity contribution in [3.8, 4) is 0 Å². The van der Waals surface area contributed by atoms with Gasteiger partial charge in [-0.1, -0.05) is 30.3 Å². The number of esters is 1. The molecule has 92 valence electrons. The van der Waals surface area contributed by atoms with Crippen molar-refractivity contribution in [1.82, 2.24) is 4.90 Å². The summed E-state index contributed by atoms with van der Waals surface area (Å²) in [5.74, 6) is -0.603. The fourth-order valence-corrected chi connectivity index (χ4v) is 1.36. The van der Waals surface area contributed by atoms with Gasteiger partial charge >= 0.3 is 5.97 Å². The van der Waals surface area contributed by atoms with Crippen LogP contribution < -0.4 is 0 Å². The van der Waals surface area contributed by atoms with Crippen LogP contribution in [0, 0.1) is 0 Å². The van der Waals surface area contributed by atoms with E-state index in [0.717, 1.165) is 5.56 Å². The predicted octanol–water partition coefficient (Wildman–Crippen LogP) is 1.25. The Morgan fingerprint density at radius 1 is 1.18 bits per heavy atom. The van der Waals surface area contributed by atoms with Crippen LogP contribution in [0.5, 0.6) is 0 Å². The van der Waals surface area contributed by atoms with Gasteiger partial charge in [-0.25, -0.2) is 0 Å². The Labute approximate surface area is 101 Å². The van der Waals surface area contributed by atoms with Gasteiger partial charge in [-0.3, -0.25) is 9.59 Å². The zero-order valence-corrected chi connectivity index (χ0v) is 10.2. The summed E-state index contributed by atoms with van der Waals surface area (Å²) >= 11 is 0. The van der Waals surface area contributed by atoms with Crippen LogP contribution in [-0.2, 0) is 20.9 Å². The minimum atomic E-state index is -0.472. The Morgan fingerprint density at radius 3 is 2.41 bits per heavy atom. The summed E-state index contributed by atoms with van der Waals surface area (Å²) in [4.78, 5) is 24.4. The van der Waals surface area contributed by atoms with Crippen LogP contribution >= 0.6 is 0 Å². The van der Waals surface area contributed by atoms with Gasteiger partial charge in [-0.15, -0.1) is 0 Å². The van der Waals surface area contributed by atoms with Crippen molar-refractivity contribution in [3.05, 3.63) is 35.9 Å². The second-order valence-electron chi connectivity index (χ2n) is 4.10. The summed E-state index contributed by atoms with van der Waals surface area (Å²) in [5.41, 5.74) is 0.918. The second-order valence-corrected chi connectivity index (χ2v) is 4.10. The molecule has 0 aliphatic carbocycles. The van der Waals surface area contributed by atoms with Gasteiger partial charge in [0.2, 0.25) is 0 Å². The van der Waals surface area contributed by atoms with Crippen molar-refractivity contribution >= 4 is 11.8 Å². The molecule has 0 saturated carbocycles. The summed E-state index contributed by atoms with van der Waals surface area (Å²) in [6.07, 6.45) is -0.162. The molecule has 0 heterocycles. The van der Waals surface area contributed by atoms with Crippen LogP contribution in [0.3, 0.4) is 0 Å². The lowest BCUT2D eigenvalue weighted by Crippen LogP contribution is -2.24. The molecule has 17 heavy (non-hydrogen) atoms. The SMILES string of the molecule is CN(C)CC(=O)CC(=O)OCc1ccccc1. The van der Waals surface area contributed by atoms with Crippen molar-refractivity contribution in [2.45, 2.75) is 13.0 Å². The van der Waals surface area contributed by atoms with E-state index in [0.29, 0.717) is 0 Å². The number of ketones is 1. The van der Waals surface area contributed by atoms with Gasteiger partial charge in [0, 0.05) is 0 Å². The molecule has 4 nitrogen and oxygen atoms in total. The Kier molecular flexibility index (Phi) is 5.36. The molecule has 4 heteroatoms. The Hall–Kier alpha value is -1.68. The topological polar surface area (TPSA) is 46.6 Å². The molecule has 0 bridgehead atoms. The molecule has 1 aromatic rings. The van der Waals surface area contributed by atoms with Crippen molar-refractivity contribution in [3.63, 3.8) is 0 Å². The molecule has 0 aliphatic heterocycles. The maximum absolute atomic E-state index is 11.3. The minimum Gasteiger partial charge on any atom is -0.460 e. The molecule has 0 amide bonds. The smallest absolute Gasteiger partial charge is 0.313 e. The number of ether oxygens (including phenoxy) is 1. The number of rotatable bonds is 6. The number of carbonyl (C=O) groups excluding carboxylic acids is 2. The van der Waals surface area contributed by atoms with E-state index < -0.39 is 5.97 Å². The van der Waals surface area contributed by atoms with Gasteiger partial charge in [-0.2, -0.15) is 0 Å². The van der Waals surface area contributed by atoms with Gasteiger partial charge in [0.25, 0.3) is 0 Å². The van der Waals surface area contributed by atoms with Crippen molar-refractivity contribution in [1.29, 1.82) is 0 Å². The predicted molar refractivity (Wildman–Crippen MR) is 64.4 cm³/mol. The Bertz CT molecular complexity index is 374. The molecule has 1 rings (SSSR count). The summed E-state index contributed by atoms with van der Waals surface area (Å²) in [7, 11) is 3.57. The van der Waals surface area contributed by atoms with Gasteiger partial charge in [0.05, 0.1) is 6.54 Å². The normalized spacial score (nSPS) is 10.3. The van der Waals surface area contributed by atoms with Gasteiger partial charge in [0.15, 0.2) is 5.78 Å². The highest BCUT2D eigenvalue weighted by molar-refractivity contribution is 5.96. The van der Waals surface area contributed by atoms with Crippen LogP contribution in [0.15, 0.2) is 30.3 Å². The highest BCUT2D eigenvalue weighted by Gasteiger charge is 2.11. The number of Topliss-reactive ketones (excluding diaryl/α,β-unsaturated/α-hetero) is 1. The fourth-order valence-electron chi connectivity index (χ4n) is 1.36. The van der Waals surface area contributed by atoms with E-state index in [1.54, 1.807) is 19.0 Å². The molecule has 0 aliphatic rings. The first-order valence-corrected chi connectivity index (χ1v) is 5.44. The van der Waals surface area contributed by atoms with E-state index in [-0.39, 0.29) is 25.4 Å². The third-order valence-electron chi connectivity index (χ3n) is 2.08. The van der Waals surface area contributed by atoms with Crippen molar-refractivity contribution in [2.24, 2.45) is 0 Å². The molecule has 0 spiro atoms. The lowest BCUT2D eigenvalue weighted by molar-refractivity contribution is -0.147. The highest BCUT2D eigenvalue weighted by atomic mass is 16.5. The van der Waals surface area contributed by atoms with Crippen LogP contribution in [0.2, 0.25) is 0 Å². The third-order valence-corrected chi connectivity index (χ3v) is 2.08. The van der Waals surface area contributed by atoms with Crippen LogP contribution in [-0.4, -0.2) is 37.3 Å². The first-order valence-electron chi connectivity index (χ1n) is 5.44. The Balaban J connectivity index is 2.28. The average Bonchev–Trinajstić information content (AvgIpc) is 2.26. The quantitative estimate of drug-likeness (QED) is 0.550. The molecular formula is C13H17NO3. The zero-order chi connectivity index (χ0) is 12.7. The summed E-state index contributed by atoms with van der Waals surface area (Å²) in [6.45, 7) is 0.482. The summed E-state index contributed by atoms with van der Waals surface area (Å²) < 4.78 is 5.00. The third kappa shape index (κ3) is 5.82. The number of benzene rings is 1. The standard InChI is InChI=1S/C13H17NO3/c1-14(2)9-12(15)8-13(16)17-10-11-6-4-3-5-7-11/h3-7H,8-10H2,1-2H3. The van der Waals surface area contributed by atoms with E-state index in [2.05, 4.69) is 0 Å². The first kappa shape index (κ1) is 13.4. The highest BCUT2D eigenvalue weighted by Crippen LogP contribution is 2.01. The number of nitrogens with zero attached hydrogens (tertiary/aromatic N) is 1. The van der Waals surface area contributed by atoms with Gasteiger partial charge in [0.1, 0.15) is 13.0 Å². The number of likely N-dealkylation sites (N-methyl/N-ethyl adjacent to an activating group) is 1. The van der Waals surface area contributed by atoms with E-state index in [4.69, 9.17) is 4.74 Å². The Morgan fingerprint density at radius 2 is 1.82 bits per heavy atom. The molecule has 0 aromatic heterocycles. The van der Waals surface area contributed by atoms with E-state index >= 15 is 0 Å². The number of hydrogen-bond donors (Lipinski definition) is 0. The molecule has 0 radical (unpaired) electrons. The largest absolute Gasteiger partial charge is 0.460 e. The number of hydrogen-bond acceptors (Lipinski definition) is 4. The van der Waals surface area contributed by atoms with Crippen LogP contribution in [0.4, 0.5) is 0 Å². The van der Waals surface area contributed by atoms with E-state index in [1.807, 2.05) is 30.3 Å². The molecule has 1 aromatic carbocycles. The molecule has 0 fully saturated rings. The minimum absolute atomic E-state index is 0.131. The van der Waals surface area contributed by atoms with E-state index in [1.165, 1.54) is 0 Å². The molecule has 0 atom stereocenters. The van der Waals surface area contributed by atoms with Gasteiger partial charge in [-0.05, 0) is 19.7 Å². The fraction of sp³-hybridized carbons (Fsp3) is 0.385. The lowest BCUT2D eigenvalue weighted by atomic mass is 10.2. The van der Waals surface area contributed by atoms with Crippen LogP contribution in [0.1, 0.15) is 12.0 Å². The summed E-state index contributed by atoms with van der Waals surface area (Å²) in [5, 5.41) is 0. The van der Waals surface area contributed by atoms with Crippen LogP contribution in [0.25, 0.3) is 0 Å². The van der Waals surface area contributed by atoms with E-state index in [9.17, 15) is 9.59 Å². The monoisotopic (exact) mass is 235 g/mol. The number of carbonyl (C=O) groups is 2. The second kappa shape index (κ2) is 6.81. The molecule has 0 saturated heterocycles. The first-order chi connectivity index (χ1) is 8.08. The summed E-state index contributed by atoms with van der Waals surface area (Å²) in [6, 6.07) is 9.39. The average molecular weight is 235 g/mol. The lowest BCUT2D eigenvalue weighted by Gasteiger charge is -2.08. The molecular weight excluding hydrogens is 218 g/mol. The maximum Gasteiger partial charge on any atom is 0.313 e. The van der Waals surface area contributed by atoms with Crippen molar-refractivity contribution < 1.29 is 14.3 Å². The maximum atomic E-state index is 11.3.